The quantitative estimate of drug-likeness (QED) is 0.0169. The lowest BCUT2D eigenvalue weighted by Gasteiger charge is -2.21. The molecule has 4 atom stereocenters. The molecule has 0 rings (SSSR count). The largest absolute Gasteiger partial charge is 0.472 e. The number of unbranched alkanes of at least 4 members (excludes halogenated alkanes) is 6. The lowest BCUT2D eigenvalue weighted by molar-refractivity contribution is -0.160. The van der Waals surface area contributed by atoms with Crippen LogP contribution in [0.4, 0.5) is 0 Å². The van der Waals surface area contributed by atoms with E-state index in [1.807, 2.05) is 24.3 Å². The molecule has 0 saturated heterocycles. The predicted octanol–water partition coefficient (Wildman–Crippen LogP) is 23.2. The van der Waals surface area contributed by atoms with Crippen molar-refractivity contribution in [3.8, 4) is 0 Å². The zero-order valence-corrected chi connectivity index (χ0v) is 67.4. The first-order chi connectivity index (χ1) is 52.7. The number of phosphoric acid groups is 2. The van der Waals surface area contributed by atoms with Crippen LogP contribution in [0.3, 0.4) is 0 Å². The van der Waals surface area contributed by atoms with Gasteiger partial charge in [0.25, 0.3) is 0 Å². The van der Waals surface area contributed by atoms with Gasteiger partial charge >= 0.3 is 39.5 Å². The first-order valence-electron chi connectivity index (χ1n) is 39.3. The molecule has 3 N–H and O–H groups in total. The molecule has 602 valence electrons. The average Bonchev–Trinajstić information content (AvgIpc) is 0.923. The van der Waals surface area contributed by atoms with E-state index in [9.17, 15) is 43.2 Å². The lowest BCUT2D eigenvalue weighted by atomic mass is 10.1. The summed E-state index contributed by atoms with van der Waals surface area (Å²) in [4.78, 5) is 72.9. The Morgan fingerprint density at radius 2 is 0.481 bits per heavy atom. The molecule has 0 spiro atoms. The highest BCUT2D eigenvalue weighted by molar-refractivity contribution is 7.47. The highest BCUT2D eigenvalue weighted by Crippen LogP contribution is 2.45. The topological polar surface area (TPSA) is 237 Å². The monoisotopic (exact) mass is 1540 g/mol. The molecule has 0 aromatic carbocycles. The fourth-order valence-corrected chi connectivity index (χ4v) is 10.6. The minimum absolute atomic E-state index is 0.0884. The molecule has 108 heavy (non-hydrogen) atoms. The van der Waals surface area contributed by atoms with Crippen molar-refractivity contribution in [1.82, 2.24) is 0 Å². The second-order valence-electron chi connectivity index (χ2n) is 24.8. The second-order valence-corrected chi connectivity index (χ2v) is 27.7. The molecule has 0 radical (unpaired) electrons. The first-order valence-corrected chi connectivity index (χ1v) is 42.3. The maximum atomic E-state index is 13.1. The minimum Gasteiger partial charge on any atom is -0.462 e. The third-order valence-corrected chi connectivity index (χ3v) is 16.8. The fraction of sp³-hybridized carbons (Fsp3) is 0.506. The maximum Gasteiger partial charge on any atom is 0.472 e. The Morgan fingerprint density at radius 3 is 0.722 bits per heavy atom. The number of hydrogen-bond donors (Lipinski definition) is 3. The third-order valence-electron chi connectivity index (χ3n) is 14.9. The van der Waals surface area contributed by atoms with Crippen molar-refractivity contribution < 1.29 is 80.2 Å². The fourth-order valence-electron chi connectivity index (χ4n) is 9.07. The van der Waals surface area contributed by atoms with E-state index >= 15 is 0 Å². The molecule has 0 bridgehead atoms. The number of phosphoric ester groups is 2. The Morgan fingerprint density at radius 1 is 0.269 bits per heavy atom. The Hall–Kier alpha value is -7.14. The van der Waals surface area contributed by atoms with Crippen LogP contribution in [0, 0.1) is 0 Å². The molecule has 0 aromatic heterocycles. The van der Waals surface area contributed by atoms with Crippen LogP contribution in [-0.2, 0) is 65.4 Å². The number of hydrogen-bond acceptors (Lipinski definition) is 15. The number of esters is 4. The van der Waals surface area contributed by atoms with E-state index in [0.717, 1.165) is 154 Å². The Kier molecular flexibility index (Phi) is 72.8. The summed E-state index contributed by atoms with van der Waals surface area (Å²) < 4.78 is 68.2. The normalized spacial score (nSPS) is 15.1. The van der Waals surface area contributed by atoms with Gasteiger partial charge in [-0.25, -0.2) is 9.13 Å². The predicted molar refractivity (Wildman–Crippen MR) is 444 cm³/mol. The molecule has 0 aromatic rings. The van der Waals surface area contributed by atoms with E-state index in [0.29, 0.717) is 25.7 Å². The van der Waals surface area contributed by atoms with Crippen LogP contribution in [0.25, 0.3) is 0 Å². The molecule has 0 amide bonds. The van der Waals surface area contributed by atoms with Gasteiger partial charge in [0, 0.05) is 12.8 Å². The minimum atomic E-state index is -5.04. The van der Waals surface area contributed by atoms with Gasteiger partial charge in [0.2, 0.25) is 0 Å². The van der Waals surface area contributed by atoms with Crippen molar-refractivity contribution >= 4 is 39.5 Å². The third kappa shape index (κ3) is 77.0. The number of aliphatic hydroxyl groups is 1. The number of carbonyl (C=O) groups excluding carboxylic acids is 4. The van der Waals surface area contributed by atoms with Crippen LogP contribution in [0.1, 0.15) is 233 Å². The molecule has 17 nitrogen and oxygen atoms in total. The maximum absolute atomic E-state index is 13.1. The van der Waals surface area contributed by atoms with Crippen molar-refractivity contribution in [1.29, 1.82) is 0 Å². The summed E-state index contributed by atoms with van der Waals surface area (Å²) in [6.07, 6.45) is 102. The van der Waals surface area contributed by atoms with E-state index in [2.05, 4.69) is 222 Å². The summed E-state index contributed by atoms with van der Waals surface area (Å²) in [5, 5.41) is 10.6. The molecular formula is C89H134O17P2. The van der Waals surface area contributed by atoms with Gasteiger partial charge < -0.3 is 33.8 Å². The molecule has 0 heterocycles. The van der Waals surface area contributed by atoms with Gasteiger partial charge in [-0.05, 0) is 167 Å². The van der Waals surface area contributed by atoms with Crippen LogP contribution >= 0.6 is 15.6 Å². The van der Waals surface area contributed by atoms with Gasteiger partial charge in [-0.2, -0.15) is 0 Å². The van der Waals surface area contributed by atoms with Crippen molar-refractivity contribution in [2.75, 3.05) is 39.6 Å². The molecule has 0 aliphatic rings. The van der Waals surface area contributed by atoms with E-state index in [1.165, 1.54) is 0 Å². The number of allylic oxidation sites excluding steroid dienone is 38. The van der Waals surface area contributed by atoms with Gasteiger partial charge in [-0.15, -0.1) is 0 Å². The molecule has 19 heteroatoms. The number of carbonyl (C=O) groups is 4. The van der Waals surface area contributed by atoms with Crippen molar-refractivity contribution in [3.05, 3.63) is 243 Å². The van der Waals surface area contributed by atoms with Gasteiger partial charge in [0.05, 0.1) is 39.3 Å². The Balaban J connectivity index is 5.59. The van der Waals surface area contributed by atoms with Gasteiger partial charge in [-0.3, -0.25) is 37.3 Å². The van der Waals surface area contributed by atoms with Gasteiger partial charge in [-0.1, -0.05) is 284 Å². The van der Waals surface area contributed by atoms with Crippen molar-refractivity contribution in [2.24, 2.45) is 0 Å². The number of rotatable bonds is 70. The molecule has 0 aliphatic carbocycles. The number of ether oxygens (including phenoxy) is 4. The standard InChI is InChI=1S/C89H134O17P2/c1-5-9-13-17-21-25-29-33-37-39-41-43-47-49-53-57-61-65-69-73-86(91)99-79-84(105-88(93)75-71-67-63-59-55-51-45-35-31-27-23-19-15-11-7-3)81-103-107(95,96)101-77-83(90)78-102-108(97,98)104-82-85(106-89(94)76-72-68-64-60-56-52-46-36-32-28-24-20-16-12-8-4)80-100-87(92)74-70-66-62-58-54-50-48-44-42-40-38-34-30-26-22-18-14-10-6-2/h9-16,21-28,33-38,41-46,49-50,53-56,59-60,67-68,71-72,83-85,90H,5-8,17-20,29-32,39-40,47-48,51-52,57-58,61-66,69-70,73-82H2,1-4H3,(H,95,96)(H,97,98)/b13-9-,14-10-,15-11-,16-12-,25-21-,26-22-,27-23-,28-24-,37-33-,38-34-,43-41-,44-42-,45-35-,46-36-,53-49-,54-50-,59-55-,60-56-,71-67-,72-68-. The SMILES string of the molecule is CC/C=C\C/C=C\C/C=C\C/C=C\C/C=C\CCCCCC(=O)OCC(COP(=O)(O)OCC(O)COP(=O)(O)OCC(COC(=O)CCCCC/C=C\C/C=C\C/C=C\C/C=C\C/C=C\CC)OC(=O)C/C=C\C/C=C\C/C=C\C/C=C\C/C=C\CC)OC(=O)C/C=C\C/C=C\C/C=C\C/C=C\C/C=C\CC. The lowest BCUT2D eigenvalue weighted by Crippen LogP contribution is -2.30. The highest BCUT2D eigenvalue weighted by Gasteiger charge is 2.30. The first kappa shape index (κ1) is 101. The molecule has 0 aliphatic heterocycles. The van der Waals surface area contributed by atoms with Crippen molar-refractivity contribution in [2.45, 2.75) is 251 Å². The zero-order chi connectivity index (χ0) is 78.9. The van der Waals surface area contributed by atoms with E-state index < -0.39 is 97.5 Å². The Bertz CT molecular complexity index is 2820. The summed E-state index contributed by atoms with van der Waals surface area (Å²) in [6.45, 7) is 4.04. The molecular weight excluding hydrogens is 1400 g/mol. The van der Waals surface area contributed by atoms with Crippen molar-refractivity contribution in [3.63, 3.8) is 0 Å². The zero-order valence-electron chi connectivity index (χ0n) is 65.6. The summed E-state index contributed by atoms with van der Waals surface area (Å²) in [7, 11) is -10.1. The smallest absolute Gasteiger partial charge is 0.462 e. The van der Waals surface area contributed by atoms with Crippen LogP contribution in [0.15, 0.2) is 243 Å². The van der Waals surface area contributed by atoms with E-state index in [4.69, 9.17) is 37.0 Å². The highest BCUT2D eigenvalue weighted by atomic mass is 31.2. The van der Waals surface area contributed by atoms with Crippen LogP contribution in [0.2, 0.25) is 0 Å². The molecule has 4 unspecified atom stereocenters. The van der Waals surface area contributed by atoms with E-state index in [-0.39, 0.29) is 25.7 Å². The van der Waals surface area contributed by atoms with Gasteiger partial charge in [0.15, 0.2) is 12.2 Å². The second kappa shape index (κ2) is 78.0. The molecule has 0 saturated carbocycles. The molecule has 0 fully saturated rings. The van der Waals surface area contributed by atoms with Crippen LogP contribution in [-0.4, -0.2) is 96.7 Å². The summed E-state index contributed by atoms with van der Waals surface area (Å²) in [5.41, 5.74) is 0. The van der Waals surface area contributed by atoms with Gasteiger partial charge in [0.1, 0.15) is 19.3 Å². The summed E-state index contributed by atoms with van der Waals surface area (Å²) in [5.74, 6) is -2.59. The van der Waals surface area contributed by atoms with Crippen LogP contribution in [0.5, 0.6) is 0 Å². The Labute approximate surface area is 650 Å². The van der Waals surface area contributed by atoms with E-state index in [1.54, 1.807) is 24.3 Å². The van der Waals surface area contributed by atoms with Crippen LogP contribution < -0.4 is 0 Å². The summed E-state index contributed by atoms with van der Waals surface area (Å²) >= 11 is 0. The summed E-state index contributed by atoms with van der Waals surface area (Å²) in [6, 6.07) is 0. The number of aliphatic hydroxyl groups excluding tert-OH is 1. The average molecular weight is 1540 g/mol.